The molecule has 148 valence electrons. The van der Waals surface area contributed by atoms with Crippen LogP contribution < -0.4 is 14.8 Å². The van der Waals surface area contributed by atoms with Crippen LogP contribution in [0.15, 0.2) is 24.3 Å². The van der Waals surface area contributed by atoms with Crippen LogP contribution in [0.1, 0.15) is 38.5 Å². The second-order valence-electron chi connectivity index (χ2n) is 7.40. The number of hydrogen-bond acceptors (Lipinski definition) is 5. The fourth-order valence-electron chi connectivity index (χ4n) is 3.78. The third kappa shape index (κ3) is 4.53. The Labute approximate surface area is 160 Å². The first-order valence-electron chi connectivity index (χ1n) is 9.64. The first-order valence-corrected chi connectivity index (χ1v) is 9.64. The Hall–Kier alpha value is -2.28. The van der Waals surface area contributed by atoms with Gasteiger partial charge in [0, 0.05) is 6.54 Å². The minimum Gasteiger partial charge on any atom is -0.497 e. The van der Waals surface area contributed by atoms with Crippen LogP contribution in [0, 0.1) is 0 Å². The predicted octanol–water partition coefficient (Wildman–Crippen LogP) is 2.61. The molecule has 0 bridgehead atoms. The van der Waals surface area contributed by atoms with Gasteiger partial charge in [0.15, 0.2) is 0 Å². The summed E-state index contributed by atoms with van der Waals surface area (Å²) >= 11 is 0. The molecule has 3 amide bonds. The first kappa shape index (κ1) is 19.5. The molecule has 7 nitrogen and oxygen atoms in total. The molecule has 0 aromatic heterocycles. The van der Waals surface area contributed by atoms with Gasteiger partial charge in [0.1, 0.15) is 23.6 Å². The summed E-state index contributed by atoms with van der Waals surface area (Å²) in [6.45, 7) is 1.35. The van der Waals surface area contributed by atoms with Crippen molar-refractivity contribution in [3.05, 3.63) is 24.3 Å². The molecule has 1 spiro atoms. The van der Waals surface area contributed by atoms with Crippen LogP contribution in [-0.4, -0.2) is 61.3 Å². The number of amides is 3. The van der Waals surface area contributed by atoms with Gasteiger partial charge in [-0.1, -0.05) is 25.7 Å². The Kier molecular flexibility index (Phi) is 6.21. The molecule has 1 aromatic rings. The standard InChI is InChI=1S/C20H29N3O4/c1-22(13-14-27-17-9-7-16(26-2)8-10-17)15-23-18(24)20(21-19(23)25)11-5-3-4-6-12-20/h7-10H,3-6,11-15H2,1-2H3,(H,21,25). The van der Waals surface area contributed by atoms with Gasteiger partial charge in [-0.2, -0.15) is 0 Å². The molecular weight excluding hydrogens is 346 g/mol. The number of benzene rings is 1. The highest BCUT2D eigenvalue weighted by Gasteiger charge is 2.50. The highest BCUT2D eigenvalue weighted by Crippen LogP contribution is 2.32. The SMILES string of the molecule is COc1ccc(OCCN(C)CN2C(=O)NC3(CCCCCC3)C2=O)cc1. The highest BCUT2D eigenvalue weighted by atomic mass is 16.5. The summed E-state index contributed by atoms with van der Waals surface area (Å²) in [5, 5.41) is 2.97. The van der Waals surface area contributed by atoms with Crippen molar-refractivity contribution in [3.63, 3.8) is 0 Å². The van der Waals surface area contributed by atoms with Crippen molar-refractivity contribution < 1.29 is 19.1 Å². The fourth-order valence-corrected chi connectivity index (χ4v) is 3.78. The number of nitrogens with zero attached hydrogens (tertiary/aromatic N) is 2. The molecule has 1 saturated carbocycles. The van der Waals surface area contributed by atoms with E-state index in [4.69, 9.17) is 9.47 Å². The zero-order valence-corrected chi connectivity index (χ0v) is 16.2. The highest BCUT2D eigenvalue weighted by molar-refractivity contribution is 6.07. The molecule has 1 aliphatic carbocycles. The zero-order valence-electron chi connectivity index (χ0n) is 16.2. The lowest BCUT2D eigenvalue weighted by molar-refractivity contribution is -0.133. The van der Waals surface area contributed by atoms with Gasteiger partial charge in [0.2, 0.25) is 0 Å². The molecule has 1 N–H and O–H groups in total. The quantitative estimate of drug-likeness (QED) is 0.742. The summed E-state index contributed by atoms with van der Waals surface area (Å²) in [6, 6.07) is 7.12. The third-order valence-corrected chi connectivity index (χ3v) is 5.39. The Morgan fingerprint density at radius 2 is 1.70 bits per heavy atom. The maximum atomic E-state index is 12.9. The van der Waals surface area contributed by atoms with Crippen LogP contribution in [0.3, 0.4) is 0 Å². The van der Waals surface area contributed by atoms with Crippen LogP contribution in [0.5, 0.6) is 11.5 Å². The second-order valence-corrected chi connectivity index (χ2v) is 7.40. The average molecular weight is 375 g/mol. The van der Waals surface area contributed by atoms with Crippen LogP contribution >= 0.6 is 0 Å². The van der Waals surface area contributed by atoms with Gasteiger partial charge < -0.3 is 14.8 Å². The van der Waals surface area contributed by atoms with Crippen molar-refractivity contribution in [3.8, 4) is 11.5 Å². The molecule has 1 aromatic carbocycles. The smallest absolute Gasteiger partial charge is 0.326 e. The van der Waals surface area contributed by atoms with Crippen molar-refractivity contribution >= 4 is 11.9 Å². The maximum absolute atomic E-state index is 12.9. The fraction of sp³-hybridized carbons (Fsp3) is 0.600. The number of methoxy groups -OCH3 is 1. The summed E-state index contributed by atoms with van der Waals surface area (Å²) in [6.07, 6.45) is 5.74. The first-order chi connectivity index (χ1) is 13.0. The lowest BCUT2D eigenvalue weighted by Crippen LogP contribution is -2.47. The molecule has 0 atom stereocenters. The summed E-state index contributed by atoms with van der Waals surface area (Å²) in [4.78, 5) is 28.6. The molecule has 3 rings (SSSR count). The molecule has 2 aliphatic rings. The molecule has 0 unspecified atom stereocenters. The van der Waals surface area contributed by atoms with E-state index in [0.29, 0.717) is 13.2 Å². The topological polar surface area (TPSA) is 71.1 Å². The van der Waals surface area contributed by atoms with Crippen LogP contribution in [0.4, 0.5) is 4.79 Å². The van der Waals surface area contributed by atoms with E-state index in [0.717, 1.165) is 50.0 Å². The van der Waals surface area contributed by atoms with Gasteiger partial charge in [0.25, 0.3) is 5.91 Å². The number of likely N-dealkylation sites (N-methyl/N-ethyl adjacent to an activating group) is 1. The van der Waals surface area contributed by atoms with E-state index >= 15 is 0 Å². The van der Waals surface area contributed by atoms with Gasteiger partial charge in [-0.05, 0) is 44.2 Å². The van der Waals surface area contributed by atoms with E-state index < -0.39 is 5.54 Å². The molecule has 0 radical (unpaired) electrons. The van der Waals surface area contributed by atoms with Crippen molar-refractivity contribution in [1.82, 2.24) is 15.1 Å². The predicted molar refractivity (Wildman–Crippen MR) is 102 cm³/mol. The molecule has 1 aliphatic heterocycles. The Bertz CT molecular complexity index is 654. The van der Waals surface area contributed by atoms with E-state index in [9.17, 15) is 9.59 Å². The molecule has 2 fully saturated rings. The summed E-state index contributed by atoms with van der Waals surface area (Å²) in [7, 11) is 3.51. The minimum atomic E-state index is -0.673. The number of nitrogens with one attached hydrogen (secondary N) is 1. The van der Waals surface area contributed by atoms with Gasteiger partial charge in [0.05, 0.1) is 13.8 Å². The number of carbonyl (C=O) groups excluding carboxylic acids is 2. The molecule has 1 heterocycles. The van der Waals surface area contributed by atoms with Crippen LogP contribution in [0.2, 0.25) is 0 Å². The Balaban J connectivity index is 1.48. The van der Waals surface area contributed by atoms with E-state index in [2.05, 4.69) is 5.32 Å². The van der Waals surface area contributed by atoms with E-state index in [-0.39, 0.29) is 18.6 Å². The monoisotopic (exact) mass is 375 g/mol. The van der Waals surface area contributed by atoms with Gasteiger partial charge >= 0.3 is 6.03 Å². The third-order valence-electron chi connectivity index (χ3n) is 5.39. The Morgan fingerprint density at radius 3 is 2.33 bits per heavy atom. The minimum absolute atomic E-state index is 0.0719. The van der Waals surface area contributed by atoms with Gasteiger partial charge in [-0.3, -0.25) is 9.69 Å². The summed E-state index contributed by atoms with van der Waals surface area (Å²) in [5.74, 6) is 1.47. The largest absolute Gasteiger partial charge is 0.497 e. The average Bonchev–Trinajstić information content (AvgIpc) is 2.84. The summed E-state index contributed by atoms with van der Waals surface area (Å²) in [5.41, 5.74) is -0.673. The number of ether oxygens (including phenoxy) is 2. The second kappa shape index (κ2) is 8.61. The lowest BCUT2D eigenvalue weighted by atomic mass is 9.90. The van der Waals surface area contributed by atoms with Crippen LogP contribution in [0.25, 0.3) is 0 Å². The molecule has 1 saturated heterocycles. The molecule has 7 heteroatoms. The van der Waals surface area contributed by atoms with Gasteiger partial charge in [-0.15, -0.1) is 0 Å². The Morgan fingerprint density at radius 1 is 1.07 bits per heavy atom. The van der Waals surface area contributed by atoms with E-state index in [1.807, 2.05) is 36.2 Å². The maximum Gasteiger partial charge on any atom is 0.326 e. The van der Waals surface area contributed by atoms with Crippen molar-refractivity contribution in [2.24, 2.45) is 0 Å². The van der Waals surface area contributed by atoms with Gasteiger partial charge in [-0.25, -0.2) is 9.69 Å². The van der Waals surface area contributed by atoms with Crippen molar-refractivity contribution in [1.29, 1.82) is 0 Å². The lowest BCUT2D eigenvalue weighted by Gasteiger charge is -2.26. The molecule has 27 heavy (non-hydrogen) atoms. The zero-order chi connectivity index (χ0) is 19.3. The number of imide groups is 1. The molecular formula is C20H29N3O4. The normalized spacial score (nSPS) is 19.3. The number of urea groups is 1. The van der Waals surface area contributed by atoms with Crippen molar-refractivity contribution in [2.45, 2.75) is 44.1 Å². The van der Waals surface area contributed by atoms with E-state index in [1.54, 1.807) is 7.11 Å². The number of hydrogen-bond donors (Lipinski definition) is 1. The summed E-state index contributed by atoms with van der Waals surface area (Å²) < 4.78 is 10.8. The van der Waals surface area contributed by atoms with Crippen molar-refractivity contribution in [2.75, 3.05) is 34.0 Å². The number of rotatable bonds is 7. The van der Waals surface area contributed by atoms with Crippen LogP contribution in [-0.2, 0) is 4.79 Å². The van der Waals surface area contributed by atoms with E-state index in [1.165, 1.54) is 4.90 Å². The number of carbonyl (C=O) groups is 2.